The fraction of sp³-hybridized carbons (Fsp3) is 0.818. The summed E-state index contributed by atoms with van der Waals surface area (Å²) < 4.78 is 35.3. The van der Waals surface area contributed by atoms with E-state index in [9.17, 15) is 13.0 Å². The molecule has 0 amide bonds. The van der Waals surface area contributed by atoms with Crippen molar-refractivity contribution in [3.8, 4) is 0 Å². The smallest absolute Gasteiger partial charge is 0.102 e. The van der Waals surface area contributed by atoms with Gasteiger partial charge in [0, 0.05) is 0 Å². The molecule has 1 heterocycles. The maximum Gasteiger partial charge on any atom is 0.102 e. The van der Waals surface area contributed by atoms with Gasteiger partial charge < -0.3 is 13.8 Å². The average Bonchev–Trinajstić information content (AvgIpc) is 2.17. The molecule has 1 fully saturated rings. The number of nitrogens with zero attached hydrogens (tertiary/aromatic N) is 1. The fourth-order valence-electron chi connectivity index (χ4n) is 1.69. The van der Waals surface area contributed by atoms with Gasteiger partial charge >= 0.3 is 0 Å². The van der Waals surface area contributed by atoms with Crippen molar-refractivity contribution in [2.24, 2.45) is 0 Å². The quantitative estimate of drug-likeness (QED) is 0.424. The highest BCUT2D eigenvalue weighted by molar-refractivity contribution is 7.85. The summed E-state index contributed by atoms with van der Waals surface area (Å²) in [4.78, 5) is 0. The molecule has 0 aromatic rings. The monoisotopic (exact) mass is 265 g/mol. The van der Waals surface area contributed by atoms with E-state index in [0.717, 1.165) is 19.3 Å². The van der Waals surface area contributed by atoms with Crippen LogP contribution in [0.15, 0.2) is 12.7 Å². The molecular formula is C11H23NO4S. The number of quaternary nitrogens is 1. The van der Waals surface area contributed by atoms with Gasteiger partial charge in [-0.25, -0.2) is 8.42 Å². The predicted molar refractivity (Wildman–Crippen MR) is 66.7 cm³/mol. The van der Waals surface area contributed by atoms with Crippen molar-refractivity contribution >= 4 is 10.1 Å². The highest BCUT2D eigenvalue weighted by atomic mass is 32.2. The van der Waals surface area contributed by atoms with E-state index >= 15 is 0 Å². The van der Waals surface area contributed by atoms with Gasteiger partial charge in [-0.05, 0) is 6.42 Å². The Morgan fingerprint density at radius 3 is 2.24 bits per heavy atom. The number of likely N-dealkylation sites (N-methyl/N-ethyl adjacent to an activating group) is 1. The van der Waals surface area contributed by atoms with Gasteiger partial charge in [0.2, 0.25) is 0 Å². The molecule has 17 heavy (non-hydrogen) atoms. The Morgan fingerprint density at radius 1 is 1.41 bits per heavy atom. The van der Waals surface area contributed by atoms with Crippen molar-refractivity contribution in [3.63, 3.8) is 0 Å². The SMILES string of the molecule is C=CCS(=O)(=O)[O-].CCC[N+]1(C)CCOCC1. The van der Waals surface area contributed by atoms with Crippen LogP contribution >= 0.6 is 0 Å². The highest BCUT2D eigenvalue weighted by Gasteiger charge is 2.23. The first-order valence-corrected chi connectivity index (χ1v) is 7.36. The molecule has 1 rings (SSSR count). The second-order valence-electron chi connectivity index (χ2n) is 4.42. The summed E-state index contributed by atoms with van der Waals surface area (Å²) in [6.07, 6.45) is 2.35. The topological polar surface area (TPSA) is 66.4 Å². The molecule has 0 aromatic carbocycles. The van der Waals surface area contributed by atoms with Gasteiger partial charge in [-0.3, -0.25) is 0 Å². The van der Waals surface area contributed by atoms with Crippen LogP contribution in [0.1, 0.15) is 13.3 Å². The lowest BCUT2D eigenvalue weighted by Gasteiger charge is -2.37. The Kier molecular flexibility index (Phi) is 7.61. The summed E-state index contributed by atoms with van der Waals surface area (Å²) in [6, 6.07) is 0. The minimum Gasteiger partial charge on any atom is -0.748 e. The molecule has 5 nitrogen and oxygen atoms in total. The molecule has 0 radical (unpaired) electrons. The van der Waals surface area contributed by atoms with Gasteiger partial charge in [0.1, 0.15) is 13.1 Å². The first kappa shape index (κ1) is 16.6. The van der Waals surface area contributed by atoms with Crippen molar-refractivity contribution < 1.29 is 22.2 Å². The van der Waals surface area contributed by atoms with Gasteiger partial charge in [-0.1, -0.05) is 13.0 Å². The third-order valence-electron chi connectivity index (χ3n) is 2.64. The maximum atomic E-state index is 9.60. The second kappa shape index (κ2) is 7.81. The van der Waals surface area contributed by atoms with Crippen LogP contribution in [0.2, 0.25) is 0 Å². The van der Waals surface area contributed by atoms with E-state index in [2.05, 4.69) is 20.6 Å². The molecule has 102 valence electrons. The van der Waals surface area contributed by atoms with Crippen LogP contribution in [0.25, 0.3) is 0 Å². The number of rotatable bonds is 4. The molecular weight excluding hydrogens is 242 g/mol. The molecule has 1 saturated heterocycles. The zero-order chi connectivity index (χ0) is 13.4. The Bertz CT molecular complexity index is 302. The van der Waals surface area contributed by atoms with E-state index in [4.69, 9.17) is 4.74 Å². The zero-order valence-corrected chi connectivity index (χ0v) is 11.5. The van der Waals surface area contributed by atoms with Gasteiger partial charge in [0.15, 0.2) is 0 Å². The van der Waals surface area contributed by atoms with Crippen LogP contribution < -0.4 is 0 Å². The van der Waals surface area contributed by atoms with Gasteiger partial charge in [0.05, 0.1) is 42.7 Å². The Hall–Kier alpha value is -0.430. The number of ether oxygens (including phenoxy) is 1. The average molecular weight is 265 g/mol. The molecule has 6 heteroatoms. The van der Waals surface area contributed by atoms with E-state index < -0.39 is 15.9 Å². The summed E-state index contributed by atoms with van der Waals surface area (Å²) in [7, 11) is -1.72. The lowest BCUT2D eigenvalue weighted by atomic mass is 10.3. The standard InChI is InChI=1S/C8H18NO.C3H6O3S/c1-3-4-9(2)5-7-10-8-6-9;1-2-3-7(4,5)6/h3-8H2,1-2H3;2H,1,3H2,(H,4,5,6)/q+1;/p-1. The Labute approximate surface area is 104 Å². The summed E-state index contributed by atoms with van der Waals surface area (Å²) in [5.41, 5.74) is 0. The van der Waals surface area contributed by atoms with E-state index in [1.165, 1.54) is 30.5 Å². The lowest BCUT2D eigenvalue weighted by molar-refractivity contribution is -0.916. The van der Waals surface area contributed by atoms with Crippen molar-refractivity contribution in [2.75, 3.05) is 45.6 Å². The van der Waals surface area contributed by atoms with Gasteiger partial charge in [0.25, 0.3) is 0 Å². The minimum absolute atomic E-state index is 0.479. The highest BCUT2D eigenvalue weighted by Crippen LogP contribution is 2.07. The van der Waals surface area contributed by atoms with E-state index in [1.807, 2.05) is 0 Å². The van der Waals surface area contributed by atoms with Crippen molar-refractivity contribution in [2.45, 2.75) is 13.3 Å². The van der Waals surface area contributed by atoms with E-state index in [0.29, 0.717) is 0 Å². The zero-order valence-electron chi connectivity index (χ0n) is 10.7. The minimum atomic E-state index is -4.04. The van der Waals surface area contributed by atoms with Crippen molar-refractivity contribution in [3.05, 3.63) is 12.7 Å². The van der Waals surface area contributed by atoms with Crippen LogP contribution in [0.4, 0.5) is 0 Å². The maximum absolute atomic E-state index is 9.60. The largest absolute Gasteiger partial charge is 0.748 e. The molecule has 1 aliphatic rings. The Morgan fingerprint density at radius 2 is 1.94 bits per heavy atom. The molecule has 0 aliphatic carbocycles. The van der Waals surface area contributed by atoms with Crippen LogP contribution in [-0.2, 0) is 14.9 Å². The second-order valence-corrected chi connectivity index (χ2v) is 5.86. The van der Waals surface area contributed by atoms with Crippen LogP contribution in [0, 0.1) is 0 Å². The van der Waals surface area contributed by atoms with Crippen LogP contribution in [0.5, 0.6) is 0 Å². The summed E-state index contributed by atoms with van der Waals surface area (Å²) >= 11 is 0. The first-order chi connectivity index (χ1) is 7.83. The summed E-state index contributed by atoms with van der Waals surface area (Å²) in [5, 5.41) is 0. The number of hydrogen-bond donors (Lipinski definition) is 0. The molecule has 0 spiro atoms. The van der Waals surface area contributed by atoms with Crippen LogP contribution in [0.3, 0.4) is 0 Å². The van der Waals surface area contributed by atoms with Crippen molar-refractivity contribution in [1.82, 2.24) is 0 Å². The van der Waals surface area contributed by atoms with Crippen molar-refractivity contribution in [1.29, 1.82) is 0 Å². The third-order valence-corrected chi connectivity index (χ3v) is 3.28. The molecule has 0 saturated carbocycles. The third kappa shape index (κ3) is 9.29. The molecule has 0 N–H and O–H groups in total. The van der Waals surface area contributed by atoms with Gasteiger partial charge in [-0.15, -0.1) is 6.58 Å². The number of hydrogen-bond acceptors (Lipinski definition) is 4. The van der Waals surface area contributed by atoms with Gasteiger partial charge in [-0.2, -0.15) is 0 Å². The number of morpholine rings is 1. The molecule has 0 aromatic heterocycles. The van der Waals surface area contributed by atoms with E-state index in [-0.39, 0.29) is 0 Å². The Balaban J connectivity index is 0.000000325. The summed E-state index contributed by atoms with van der Waals surface area (Å²) in [5.74, 6) is -0.479. The summed E-state index contributed by atoms with van der Waals surface area (Å²) in [6.45, 7) is 10.9. The molecule has 1 aliphatic heterocycles. The molecule has 0 bridgehead atoms. The molecule has 0 unspecified atom stereocenters. The lowest BCUT2D eigenvalue weighted by Crippen LogP contribution is -2.52. The van der Waals surface area contributed by atoms with E-state index in [1.54, 1.807) is 0 Å². The fourth-order valence-corrected chi connectivity index (χ4v) is 1.98. The predicted octanol–water partition coefficient (Wildman–Crippen LogP) is 0.591. The normalized spacial score (nSPS) is 19.0. The molecule has 0 atom stereocenters. The first-order valence-electron chi connectivity index (χ1n) is 5.79. The van der Waals surface area contributed by atoms with Crippen LogP contribution in [-0.4, -0.2) is 63.1 Å².